The van der Waals surface area contributed by atoms with Gasteiger partial charge in [-0.05, 0) is 37.5 Å². The molecule has 1 aromatic rings. The molecule has 3 nitrogen and oxygen atoms in total. The fourth-order valence-electron chi connectivity index (χ4n) is 1.96. The fourth-order valence-corrected chi connectivity index (χ4v) is 2.13. The Hall–Kier alpha value is -1.48. The molecule has 1 amide bonds. The van der Waals surface area contributed by atoms with Crippen molar-refractivity contribution in [2.24, 2.45) is 0 Å². The molecule has 0 saturated carbocycles. The van der Waals surface area contributed by atoms with Crippen molar-refractivity contribution in [3.05, 3.63) is 41.4 Å². The maximum atomic E-state index is 12.3. The van der Waals surface area contributed by atoms with Gasteiger partial charge in [-0.15, -0.1) is 6.58 Å². The lowest BCUT2D eigenvalue weighted by Gasteiger charge is -2.18. The van der Waals surface area contributed by atoms with Crippen LogP contribution in [0, 0.1) is 0 Å². The monoisotopic (exact) mass is 295 g/mol. The van der Waals surface area contributed by atoms with E-state index < -0.39 is 0 Å². The summed E-state index contributed by atoms with van der Waals surface area (Å²) in [6.07, 6.45) is 6.17. The third kappa shape index (κ3) is 4.89. The molecule has 0 fully saturated rings. The standard InChI is InChI=1S/C16H22ClNO2/c1-4-5-6-7-8-11-18(2)16(19)14-10-9-13(17)12-15(14)20-3/h4,9-10,12H,1,5-8,11H2,2-3H3. The number of halogens is 1. The molecular weight excluding hydrogens is 274 g/mol. The zero-order chi connectivity index (χ0) is 15.0. The highest BCUT2D eigenvalue weighted by Gasteiger charge is 2.16. The number of unbranched alkanes of at least 4 members (excludes halogenated alkanes) is 3. The van der Waals surface area contributed by atoms with Crippen molar-refractivity contribution >= 4 is 17.5 Å². The van der Waals surface area contributed by atoms with Gasteiger partial charge in [-0.2, -0.15) is 0 Å². The molecule has 0 atom stereocenters. The Bertz CT molecular complexity index is 460. The van der Waals surface area contributed by atoms with Crippen LogP contribution in [0.2, 0.25) is 5.02 Å². The van der Waals surface area contributed by atoms with Gasteiger partial charge in [0.25, 0.3) is 5.91 Å². The molecule has 0 radical (unpaired) electrons. The lowest BCUT2D eigenvalue weighted by molar-refractivity contribution is 0.0789. The first-order valence-corrected chi connectivity index (χ1v) is 7.18. The average molecular weight is 296 g/mol. The van der Waals surface area contributed by atoms with Crippen LogP contribution in [0.1, 0.15) is 36.0 Å². The van der Waals surface area contributed by atoms with Gasteiger partial charge in [-0.25, -0.2) is 0 Å². The molecule has 0 unspecified atom stereocenters. The first kappa shape index (κ1) is 16.6. The molecule has 0 aliphatic heterocycles. The normalized spacial score (nSPS) is 10.2. The molecule has 1 aromatic carbocycles. The van der Waals surface area contributed by atoms with Gasteiger partial charge in [-0.3, -0.25) is 4.79 Å². The summed E-state index contributed by atoms with van der Waals surface area (Å²) in [6.45, 7) is 4.44. The quantitative estimate of drug-likeness (QED) is 0.532. The summed E-state index contributed by atoms with van der Waals surface area (Å²) in [4.78, 5) is 14.1. The molecular formula is C16H22ClNO2. The predicted molar refractivity (Wildman–Crippen MR) is 83.6 cm³/mol. The number of rotatable bonds is 8. The number of ether oxygens (including phenoxy) is 1. The van der Waals surface area contributed by atoms with E-state index in [2.05, 4.69) is 6.58 Å². The van der Waals surface area contributed by atoms with E-state index in [9.17, 15) is 4.79 Å². The third-order valence-corrected chi connectivity index (χ3v) is 3.38. The number of methoxy groups -OCH3 is 1. The molecule has 4 heteroatoms. The highest BCUT2D eigenvalue weighted by atomic mass is 35.5. The molecule has 0 heterocycles. The molecule has 1 rings (SSSR count). The van der Waals surface area contributed by atoms with Gasteiger partial charge >= 0.3 is 0 Å². The lowest BCUT2D eigenvalue weighted by Crippen LogP contribution is -2.28. The topological polar surface area (TPSA) is 29.5 Å². The number of allylic oxidation sites excluding steroid dienone is 1. The fraction of sp³-hybridized carbons (Fsp3) is 0.438. The minimum absolute atomic E-state index is 0.0396. The van der Waals surface area contributed by atoms with Crippen molar-refractivity contribution in [3.63, 3.8) is 0 Å². The van der Waals surface area contributed by atoms with E-state index in [0.29, 0.717) is 16.3 Å². The smallest absolute Gasteiger partial charge is 0.257 e. The Labute approximate surface area is 126 Å². The Kier molecular flexibility index (Phi) is 7.16. The van der Waals surface area contributed by atoms with Gasteiger partial charge in [-0.1, -0.05) is 24.1 Å². The SMILES string of the molecule is C=CCCCCCN(C)C(=O)c1ccc(Cl)cc1OC. The van der Waals surface area contributed by atoms with E-state index in [-0.39, 0.29) is 5.91 Å². The van der Waals surface area contributed by atoms with Crippen molar-refractivity contribution in [3.8, 4) is 5.75 Å². The van der Waals surface area contributed by atoms with E-state index in [1.165, 1.54) is 7.11 Å². The van der Waals surface area contributed by atoms with Crippen LogP contribution in [0.4, 0.5) is 0 Å². The van der Waals surface area contributed by atoms with Crippen LogP contribution in [0.5, 0.6) is 5.75 Å². The number of hydrogen-bond donors (Lipinski definition) is 0. The molecule has 0 saturated heterocycles. The number of nitrogens with zero attached hydrogens (tertiary/aromatic N) is 1. The Morgan fingerprint density at radius 2 is 2.15 bits per heavy atom. The molecule has 0 bridgehead atoms. The van der Waals surface area contributed by atoms with E-state index in [1.807, 2.05) is 13.1 Å². The Morgan fingerprint density at radius 3 is 2.80 bits per heavy atom. The predicted octanol–water partition coefficient (Wildman–Crippen LogP) is 4.17. The van der Waals surface area contributed by atoms with Gasteiger partial charge in [0.15, 0.2) is 0 Å². The van der Waals surface area contributed by atoms with Crippen molar-refractivity contribution in [1.82, 2.24) is 4.90 Å². The largest absolute Gasteiger partial charge is 0.496 e. The molecule has 0 spiro atoms. The van der Waals surface area contributed by atoms with Crippen LogP contribution in [0.3, 0.4) is 0 Å². The molecule has 20 heavy (non-hydrogen) atoms. The number of carbonyl (C=O) groups is 1. The van der Waals surface area contributed by atoms with E-state index in [1.54, 1.807) is 23.1 Å². The summed E-state index contributed by atoms with van der Waals surface area (Å²) in [6, 6.07) is 5.07. The Balaban J connectivity index is 2.58. The van der Waals surface area contributed by atoms with Crippen LogP contribution in [0.25, 0.3) is 0 Å². The molecule has 110 valence electrons. The Morgan fingerprint density at radius 1 is 1.40 bits per heavy atom. The maximum absolute atomic E-state index is 12.3. The zero-order valence-electron chi connectivity index (χ0n) is 12.2. The van der Waals surface area contributed by atoms with Crippen LogP contribution in [0.15, 0.2) is 30.9 Å². The van der Waals surface area contributed by atoms with Gasteiger partial charge in [0.05, 0.1) is 12.7 Å². The zero-order valence-corrected chi connectivity index (χ0v) is 12.9. The van der Waals surface area contributed by atoms with Gasteiger partial charge in [0.1, 0.15) is 5.75 Å². The highest BCUT2D eigenvalue weighted by Crippen LogP contribution is 2.24. The van der Waals surface area contributed by atoms with Crippen molar-refractivity contribution in [2.75, 3.05) is 20.7 Å². The van der Waals surface area contributed by atoms with Crippen molar-refractivity contribution < 1.29 is 9.53 Å². The second kappa shape index (κ2) is 8.64. The molecule has 0 N–H and O–H groups in total. The van der Waals surface area contributed by atoms with E-state index >= 15 is 0 Å². The summed E-state index contributed by atoms with van der Waals surface area (Å²) >= 11 is 5.90. The summed E-state index contributed by atoms with van der Waals surface area (Å²) in [5, 5.41) is 0.561. The maximum Gasteiger partial charge on any atom is 0.257 e. The lowest BCUT2D eigenvalue weighted by atomic mass is 10.1. The van der Waals surface area contributed by atoms with Gasteiger partial charge in [0, 0.05) is 18.6 Å². The number of amides is 1. The highest BCUT2D eigenvalue weighted by molar-refractivity contribution is 6.30. The molecule has 0 aliphatic rings. The second-order valence-electron chi connectivity index (χ2n) is 4.71. The number of carbonyl (C=O) groups excluding carboxylic acids is 1. The van der Waals surface area contributed by atoms with Gasteiger partial charge in [0.2, 0.25) is 0 Å². The van der Waals surface area contributed by atoms with Crippen LogP contribution in [-0.4, -0.2) is 31.5 Å². The van der Waals surface area contributed by atoms with Gasteiger partial charge < -0.3 is 9.64 Å². The molecule has 0 aromatic heterocycles. The average Bonchev–Trinajstić information content (AvgIpc) is 2.45. The van der Waals surface area contributed by atoms with Crippen LogP contribution in [-0.2, 0) is 0 Å². The van der Waals surface area contributed by atoms with Crippen molar-refractivity contribution in [1.29, 1.82) is 0 Å². The van der Waals surface area contributed by atoms with Crippen LogP contribution >= 0.6 is 11.6 Å². The summed E-state index contributed by atoms with van der Waals surface area (Å²) in [5.74, 6) is 0.475. The summed E-state index contributed by atoms with van der Waals surface area (Å²) in [5.41, 5.74) is 0.547. The van der Waals surface area contributed by atoms with E-state index in [4.69, 9.17) is 16.3 Å². The third-order valence-electron chi connectivity index (χ3n) is 3.14. The van der Waals surface area contributed by atoms with Crippen LogP contribution < -0.4 is 4.74 Å². The minimum atomic E-state index is -0.0396. The first-order valence-electron chi connectivity index (χ1n) is 6.80. The first-order chi connectivity index (χ1) is 9.60. The minimum Gasteiger partial charge on any atom is -0.496 e. The second-order valence-corrected chi connectivity index (χ2v) is 5.15. The summed E-state index contributed by atoms with van der Waals surface area (Å²) < 4.78 is 5.21. The number of hydrogen-bond acceptors (Lipinski definition) is 2. The van der Waals surface area contributed by atoms with E-state index in [0.717, 1.165) is 32.2 Å². The molecule has 0 aliphatic carbocycles. The van der Waals surface area contributed by atoms with Crippen molar-refractivity contribution in [2.45, 2.75) is 25.7 Å². The number of benzene rings is 1. The summed E-state index contributed by atoms with van der Waals surface area (Å²) in [7, 11) is 3.35.